The van der Waals surface area contributed by atoms with Gasteiger partial charge in [0.15, 0.2) is 0 Å². The van der Waals surface area contributed by atoms with Gasteiger partial charge in [-0.1, -0.05) is 37.1 Å². The number of primary amides is 1. The molecule has 27 heavy (non-hydrogen) atoms. The summed E-state index contributed by atoms with van der Waals surface area (Å²) in [6.07, 6.45) is 2.87. The fourth-order valence-corrected chi connectivity index (χ4v) is 3.43. The number of nitrogens with two attached hydrogens (primary N) is 1. The Morgan fingerprint density at radius 2 is 1.78 bits per heavy atom. The topological polar surface area (TPSA) is 76.6 Å². The van der Waals surface area contributed by atoms with Crippen molar-refractivity contribution in [1.82, 2.24) is 0 Å². The van der Waals surface area contributed by atoms with E-state index in [-0.39, 0.29) is 23.7 Å². The number of halogens is 1. The highest BCUT2D eigenvalue weighted by molar-refractivity contribution is 5.83. The zero-order chi connectivity index (χ0) is 19.4. The second-order valence-electron chi connectivity index (χ2n) is 6.95. The molecule has 1 aliphatic carbocycles. The van der Waals surface area contributed by atoms with Crippen molar-refractivity contribution >= 4 is 17.6 Å². The van der Waals surface area contributed by atoms with Crippen molar-refractivity contribution in [2.24, 2.45) is 11.7 Å². The van der Waals surface area contributed by atoms with Crippen LogP contribution in [0.5, 0.6) is 0 Å². The second kappa shape index (κ2) is 8.31. The van der Waals surface area contributed by atoms with Gasteiger partial charge in [0.25, 0.3) is 0 Å². The normalized spacial score (nSPS) is 16.7. The number of anilines is 1. The maximum atomic E-state index is 13.4. The van der Waals surface area contributed by atoms with E-state index in [0.717, 1.165) is 30.0 Å². The Labute approximate surface area is 158 Å². The highest BCUT2D eigenvalue weighted by Gasteiger charge is 2.24. The zero-order valence-corrected chi connectivity index (χ0v) is 15.3. The van der Waals surface area contributed by atoms with Crippen molar-refractivity contribution < 1.29 is 18.9 Å². The van der Waals surface area contributed by atoms with Crippen molar-refractivity contribution in [3.8, 4) is 11.1 Å². The monoisotopic (exact) mass is 369 g/mol. The van der Waals surface area contributed by atoms with E-state index in [0.29, 0.717) is 23.4 Å². The van der Waals surface area contributed by atoms with Crippen molar-refractivity contribution in [3.63, 3.8) is 0 Å². The van der Waals surface area contributed by atoms with Crippen LogP contribution < -0.4 is 16.0 Å². The van der Waals surface area contributed by atoms with Gasteiger partial charge in [-0.25, -0.2) is 9.18 Å². The lowest BCUT2D eigenvalue weighted by Gasteiger charge is -2.39. The lowest BCUT2D eigenvalue weighted by atomic mass is 9.85. The van der Waals surface area contributed by atoms with Gasteiger partial charge in [0.1, 0.15) is 5.82 Å². The van der Waals surface area contributed by atoms with Gasteiger partial charge in [-0.05, 0) is 35.4 Å². The van der Waals surface area contributed by atoms with Crippen molar-refractivity contribution in [1.29, 1.82) is 0 Å². The van der Waals surface area contributed by atoms with E-state index >= 15 is 0 Å². The Morgan fingerprint density at radius 3 is 2.37 bits per heavy atom. The molecule has 0 spiro atoms. The molecule has 3 amide bonds. The minimum atomic E-state index is -0.279. The first-order valence-corrected chi connectivity index (χ1v) is 9.09. The van der Waals surface area contributed by atoms with E-state index in [1.54, 1.807) is 18.2 Å². The van der Waals surface area contributed by atoms with E-state index in [1.807, 2.05) is 25.2 Å². The van der Waals surface area contributed by atoms with Crippen molar-refractivity contribution in [3.05, 3.63) is 60.4 Å². The van der Waals surface area contributed by atoms with Crippen molar-refractivity contribution in [2.45, 2.75) is 25.7 Å². The fraction of sp³-hybridized carbons (Fsp3) is 0.286. The van der Waals surface area contributed by atoms with Crippen LogP contribution in [0.1, 0.15) is 25.7 Å². The first-order chi connectivity index (χ1) is 12.9. The van der Waals surface area contributed by atoms with Crippen LogP contribution in [0.25, 0.3) is 11.1 Å². The van der Waals surface area contributed by atoms with Gasteiger partial charge in [-0.15, -0.1) is 18.9 Å². The molecule has 6 heteroatoms. The van der Waals surface area contributed by atoms with Gasteiger partial charge in [0.2, 0.25) is 5.91 Å². The third-order valence-electron chi connectivity index (χ3n) is 5.16. The van der Waals surface area contributed by atoms with Gasteiger partial charge in [0, 0.05) is 11.6 Å². The minimum absolute atomic E-state index is 0.0834. The number of urea groups is 1. The number of amides is 3. The Bertz CT molecular complexity index is 814. The fourth-order valence-electron chi connectivity index (χ4n) is 3.43. The Hall–Kier alpha value is -2.73. The first kappa shape index (κ1) is 19.0. The van der Waals surface area contributed by atoms with Crippen molar-refractivity contribution in [2.75, 3.05) is 12.4 Å². The summed E-state index contributed by atoms with van der Waals surface area (Å²) in [5.74, 6) is -0.618. The summed E-state index contributed by atoms with van der Waals surface area (Å²) in [6, 6.07) is 14.7. The smallest absolute Gasteiger partial charge is 0.381 e. The van der Waals surface area contributed by atoms with E-state index < -0.39 is 0 Å². The van der Waals surface area contributed by atoms with Crippen LogP contribution >= 0.6 is 0 Å². The van der Waals surface area contributed by atoms with Gasteiger partial charge >= 0.3 is 6.03 Å². The molecule has 0 aromatic heterocycles. The van der Waals surface area contributed by atoms with Gasteiger partial charge in [0.05, 0.1) is 7.05 Å². The molecule has 0 heterocycles. The molecule has 1 fully saturated rings. The van der Waals surface area contributed by atoms with E-state index in [1.165, 1.54) is 12.1 Å². The number of hydrogen-bond acceptors (Lipinski definition) is 2. The van der Waals surface area contributed by atoms with Crippen LogP contribution in [0.4, 0.5) is 14.9 Å². The molecule has 4 N–H and O–H groups in total. The predicted octanol–water partition coefficient (Wildman–Crippen LogP) is 2.75. The number of carbonyl (C=O) groups is 2. The minimum Gasteiger partial charge on any atom is -0.381 e. The molecule has 5 nitrogen and oxygen atoms in total. The van der Waals surface area contributed by atoms with Crippen LogP contribution in [-0.2, 0) is 4.79 Å². The van der Waals surface area contributed by atoms with Gasteiger partial charge in [-0.3, -0.25) is 10.1 Å². The third kappa shape index (κ3) is 4.71. The number of benzene rings is 2. The van der Waals surface area contributed by atoms with Crippen LogP contribution in [0.2, 0.25) is 0 Å². The highest BCUT2D eigenvalue weighted by atomic mass is 19.1. The number of carbonyl (C=O) groups excluding carboxylic acids is 2. The molecule has 142 valence electrons. The lowest BCUT2D eigenvalue weighted by Crippen LogP contribution is -3.13. The Balaban J connectivity index is 1.58. The van der Waals surface area contributed by atoms with Crippen LogP contribution in [-0.4, -0.2) is 19.0 Å². The summed E-state index contributed by atoms with van der Waals surface area (Å²) in [5.41, 5.74) is 7.72. The summed E-state index contributed by atoms with van der Waals surface area (Å²) < 4.78 is 13.4. The summed E-state index contributed by atoms with van der Waals surface area (Å²) in [4.78, 5) is 24.5. The molecule has 1 aliphatic rings. The quantitative estimate of drug-likeness (QED) is 0.725. The third-order valence-corrected chi connectivity index (χ3v) is 5.16. The molecule has 0 saturated heterocycles. The maximum absolute atomic E-state index is 13.4. The second-order valence-corrected chi connectivity index (χ2v) is 6.95. The average molecular weight is 369 g/mol. The van der Waals surface area contributed by atoms with Crippen LogP contribution in [0.15, 0.2) is 48.5 Å². The molecular weight excluding hydrogens is 345 g/mol. The molecule has 1 unspecified atom stereocenters. The molecule has 1 saturated carbocycles. The highest BCUT2D eigenvalue weighted by Crippen LogP contribution is 2.26. The van der Waals surface area contributed by atoms with E-state index in [2.05, 4.69) is 5.32 Å². The molecule has 0 radical (unpaired) electrons. The molecule has 0 bridgehead atoms. The standard InChI is InChI=1S/C21H24FN3O2/c1-25(19-11-7-15(8-12-19)20(23)26)21(27)24-18-9-5-14(6-10-18)16-3-2-4-17(22)13-16/h2-6,9-10,13,15,25H,7-8,11-12H2,1H3,(H2,23,26)(H,24,27). The summed E-state index contributed by atoms with van der Waals surface area (Å²) in [5, 5.41) is 2.90. The number of quaternary nitrogens is 1. The molecule has 3 rings (SSSR count). The molecule has 2 aromatic rings. The SMILES string of the molecule is C[NH+](C(=O)Nc1ccc(-c2cccc(F)c2)cc1)[C-]1CCC(C(N)=O)CC1. The van der Waals surface area contributed by atoms with E-state index in [9.17, 15) is 14.0 Å². The lowest BCUT2D eigenvalue weighted by molar-refractivity contribution is -0.779. The number of hydrogen-bond donors (Lipinski definition) is 3. The Kier molecular flexibility index (Phi) is 5.86. The Morgan fingerprint density at radius 1 is 1.11 bits per heavy atom. The zero-order valence-electron chi connectivity index (χ0n) is 15.3. The van der Waals surface area contributed by atoms with Crippen LogP contribution in [0.3, 0.4) is 0 Å². The number of rotatable bonds is 4. The largest absolute Gasteiger partial charge is 0.393 e. The molecule has 1 atom stereocenters. The first-order valence-electron chi connectivity index (χ1n) is 9.09. The predicted molar refractivity (Wildman–Crippen MR) is 102 cm³/mol. The molecular formula is C21H24FN3O2. The van der Waals surface area contributed by atoms with Gasteiger partial charge in [-0.2, -0.15) is 0 Å². The summed E-state index contributed by atoms with van der Waals surface area (Å²) in [7, 11) is 1.82. The molecule has 2 aromatic carbocycles. The molecule has 0 aliphatic heterocycles. The summed E-state index contributed by atoms with van der Waals surface area (Å²) >= 11 is 0. The van der Waals surface area contributed by atoms with Crippen LogP contribution in [0, 0.1) is 17.8 Å². The maximum Gasteiger partial charge on any atom is 0.393 e. The summed E-state index contributed by atoms with van der Waals surface area (Å²) in [6.45, 7) is 0. The number of nitrogens with one attached hydrogen (secondary N) is 2. The van der Waals surface area contributed by atoms with Gasteiger partial charge < -0.3 is 10.6 Å². The van der Waals surface area contributed by atoms with E-state index in [4.69, 9.17) is 5.73 Å². The average Bonchev–Trinajstić information content (AvgIpc) is 2.68.